The molecule has 0 spiro atoms. The van der Waals surface area contributed by atoms with Crippen molar-refractivity contribution in [2.75, 3.05) is 26.2 Å². The van der Waals surface area contributed by atoms with E-state index in [1.165, 1.54) is 12.8 Å². The summed E-state index contributed by atoms with van der Waals surface area (Å²) in [4.78, 5) is 14.2. The number of hydrogen-bond donors (Lipinski definition) is 1. The zero-order chi connectivity index (χ0) is 12.2. The lowest BCUT2D eigenvalue weighted by atomic mass is 9.92. The SMILES string of the molecule is CCN(CC1CCNCC1)C(=O)C(C)(C)C. The van der Waals surface area contributed by atoms with Crippen molar-refractivity contribution in [1.29, 1.82) is 0 Å². The molecule has 16 heavy (non-hydrogen) atoms. The molecule has 1 fully saturated rings. The van der Waals surface area contributed by atoms with E-state index in [1.54, 1.807) is 0 Å². The molecular weight excluding hydrogens is 200 g/mol. The highest BCUT2D eigenvalue weighted by molar-refractivity contribution is 5.81. The van der Waals surface area contributed by atoms with Crippen LogP contribution in [0.2, 0.25) is 0 Å². The van der Waals surface area contributed by atoms with E-state index in [4.69, 9.17) is 0 Å². The van der Waals surface area contributed by atoms with E-state index >= 15 is 0 Å². The van der Waals surface area contributed by atoms with Gasteiger partial charge < -0.3 is 10.2 Å². The minimum absolute atomic E-state index is 0.247. The predicted molar refractivity (Wildman–Crippen MR) is 67.3 cm³/mol. The van der Waals surface area contributed by atoms with E-state index in [9.17, 15) is 4.79 Å². The lowest BCUT2D eigenvalue weighted by Gasteiger charge is -2.33. The molecule has 1 rings (SSSR count). The van der Waals surface area contributed by atoms with Gasteiger partial charge in [0.05, 0.1) is 0 Å². The number of hydrogen-bond acceptors (Lipinski definition) is 2. The first-order valence-corrected chi connectivity index (χ1v) is 6.45. The van der Waals surface area contributed by atoms with E-state index in [0.29, 0.717) is 5.92 Å². The highest BCUT2D eigenvalue weighted by atomic mass is 16.2. The van der Waals surface area contributed by atoms with Crippen molar-refractivity contribution in [2.24, 2.45) is 11.3 Å². The Hall–Kier alpha value is -0.570. The van der Waals surface area contributed by atoms with Crippen LogP contribution >= 0.6 is 0 Å². The molecule has 0 unspecified atom stereocenters. The fraction of sp³-hybridized carbons (Fsp3) is 0.923. The molecular formula is C13H26N2O. The minimum atomic E-state index is -0.247. The molecule has 3 heteroatoms. The predicted octanol–water partition coefficient (Wildman–Crippen LogP) is 1.88. The summed E-state index contributed by atoms with van der Waals surface area (Å²) in [5.74, 6) is 0.973. The van der Waals surface area contributed by atoms with Crippen LogP contribution in [-0.4, -0.2) is 37.0 Å². The second-order valence-electron chi connectivity index (χ2n) is 5.79. The van der Waals surface area contributed by atoms with Crippen LogP contribution in [0.4, 0.5) is 0 Å². The summed E-state index contributed by atoms with van der Waals surface area (Å²) in [5.41, 5.74) is -0.247. The van der Waals surface area contributed by atoms with Crippen LogP contribution in [0.1, 0.15) is 40.5 Å². The lowest BCUT2D eigenvalue weighted by Crippen LogP contribution is -2.43. The highest BCUT2D eigenvalue weighted by Crippen LogP contribution is 2.20. The Morgan fingerprint density at radius 1 is 1.31 bits per heavy atom. The molecule has 1 aliphatic heterocycles. The molecule has 0 radical (unpaired) electrons. The highest BCUT2D eigenvalue weighted by Gasteiger charge is 2.28. The van der Waals surface area contributed by atoms with Gasteiger partial charge in [0.25, 0.3) is 0 Å². The molecule has 3 nitrogen and oxygen atoms in total. The fourth-order valence-corrected chi connectivity index (χ4v) is 2.21. The lowest BCUT2D eigenvalue weighted by molar-refractivity contribution is -0.140. The normalized spacial score (nSPS) is 18.5. The third-order valence-electron chi connectivity index (χ3n) is 3.25. The minimum Gasteiger partial charge on any atom is -0.342 e. The van der Waals surface area contributed by atoms with Gasteiger partial charge in [0.15, 0.2) is 0 Å². The van der Waals surface area contributed by atoms with Gasteiger partial charge in [-0.3, -0.25) is 4.79 Å². The number of piperidine rings is 1. The van der Waals surface area contributed by atoms with Crippen LogP contribution in [0.25, 0.3) is 0 Å². The largest absolute Gasteiger partial charge is 0.342 e. The van der Waals surface area contributed by atoms with Gasteiger partial charge in [0.2, 0.25) is 5.91 Å². The maximum atomic E-state index is 12.2. The Morgan fingerprint density at radius 2 is 1.88 bits per heavy atom. The standard InChI is InChI=1S/C13H26N2O/c1-5-15(12(16)13(2,3)4)10-11-6-8-14-9-7-11/h11,14H,5-10H2,1-4H3. The van der Waals surface area contributed by atoms with Crippen LogP contribution in [0, 0.1) is 11.3 Å². The Kier molecular flexibility index (Phi) is 4.78. The summed E-state index contributed by atoms with van der Waals surface area (Å²) in [6, 6.07) is 0. The monoisotopic (exact) mass is 226 g/mol. The third-order valence-corrected chi connectivity index (χ3v) is 3.25. The average Bonchev–Trinajstić information content (AvgIpc) is 2.25. The molecule has 0 aliphatic carbocycles. The molecule has 0 atom stereocenters. The molecule has 1 aliphatic rings. The summed E-state index contributed by atoms with van der Waals surface area (Å²) in [6.07, 6.45) is 2.40. The molecule has 1 heterocycles. The fourth-order valence-electron chi connectivity index (χ4n) is 2.21. The van der Waals surface area contributed by atoms with E-state index in [2.05, 4.69) is 12.2 Å². The Labute approximate surface area is 99.6 Å². The van der Waals surface area contributed by atoms with Gasteiger partial charge in [-0.1, -0.05) is 20.8 Å². The summed E-state index contributed by atoms with van der Waals surface area (Å²) < 4.78 is 0. The maximum Gasteiger partial charge on any atom is 0.227 e. The summed E-state index contributed by atoms with van der Waals surface area (Å²) in [6.45, 7) is 12.1. The molecule has 0 aromatic heterocycles. The zero-order valence-corrected chi connectivity index (χ0v) is 11.2. The van der Waals surface area contributed by atoms with Gasteiger partial charge >= 0.3 is 0 Å². The van der Waals surface area contributed by atoms with Crippen LogP contribution in [0.5, 0.6) is 0 Å². The molecule has 0 saturated carbocycles. The Bertz CT molecular complexity index is 227. The number of amides is 1. The van der Waals surface area contributed by atoms with Crippen LogP contribution in [0.3, 0.4) is 0 Å². The second kappa shape index (κ2) is 5.67. The van der Waals surface area contributed by atoms with Crippen molar-refractivity contribution in [3.8, 4) is 0 Å². The van der Waals surface area contributed by atoms with Gasteiger partial charge in [0, 0.05) is 18.5 Å². The molecule has 1 N–H and O–H groups in total. The van der Waals surface area contributed by atoms with E-state index < -0.39 is 0 Å². The maximum absolute atomic E-state index is 12.2. The summed E-state index contributed by atoms with van der Waals surface area (Å²) in [5, 5.41) is 3.36. The van der Waals surface area contributed by atoms with Gasteiger partial charge in [-0.15, -0.1) is 0 Å². The van der Waals surface area contributed by atoms with Crippen molar-refractivity contribution < 1.29 is 4.79 Å². The van der Waals surface area contributed by atoms with Crippen LogP contribution < -0.4 is 5.32 Å². The molecule has 1 saturated heterocycles. The number of rotatable bonds is 3. The van der Waals surface area contributed by atoms with Crippen LogP contribution in [-0.2, 0) is 4.79 Å². The van der Waals surface area contributed by atoms with Gasteiger partial charge in [-0.2, -0.15) is 0 Å². The van der Waals surface area contributed by atoms with Gasteiger partial charge in [0.1, 0.15) is 0 Å². The van der Waals surface area contributed by atoms with Crippen molar-refractivity contribution in [3.05, 3.63) is 0 Å². The molecule has 0 aromatic rings. The Morgan fingerprint density at radius 3 is 2.31 bits per heavy atom. The average molecular weight is 226 g/mol. The van der Waals surface area contributed by atoms with Gasteiger partial charge in [-0.25, -0.2) is 0 Å². The first-order chi connectivity index (χ1) is 7.45. The number of nitrogens with zero attached hydrogens (tertiary/aromatic N) is 1. The Balaban J connectivity index is 2.50. The van der Waals surface area contributed by atoms with Crippen LogP contribution in [0.15, 0.2) is 0 Å². The molecule has 0 bridgehead atoms. The van der Waals surface area contributed by atoms with Crippen molar-refractivity contribution in [2.45, 2.75) is 40.5 Å². The van der Waals surface area contributed by atoms with E-state index in [1.807, 2.05) is 25.7 Å². The number of carbonyl (C=O) groups excluding carboxylic acids is 1. The zero-order valence-electron chi connectivity index (χ0n) is 11.2. The second-order valence-corrected chi connectivity index (χ2v) is 5.79. The van der Waals surface area contributed by atoms with Crippen molar-refractivity contribution >= 4 is 5.91 Å². The molecule has 1 amide bonds. The quantitative estimate of drug-likeness (QED) is 0.797. The van der Waals surface area contributed by atoms with Crippen molar-refractivity contribution in [3.63, 3.8) is 0 Å². The molecule has 0 aromatic carbocycles. The number of nitrogens with one attached hydrogen (secondary N) is 1. The number of carbonyl (C=O) groups is 1. The summed E-state index contributed by atoms with van der Waals surface area (Å²) >= 11 is 0. The van der Waals surface area contributed by atoms with E-state index in [0.717, 1.165) is 26.2 Å². The first kappa shape index (κ1) is 13.5. The van der Waals surface area contributed by atoms with E-state index in [-0.39, 0.29) is 11.3 Å². The first-order valence-electron chi connectivity index (χ1n) is 6.45. The third kappa shape index (κ3) is 3.78. The topological polar surface area (TPSA) is 32.3 Å². The smallest absolute Gasteiger partial charge is 0.227 e. The summed E-state index contributed by atoms with van der Waals surface area (Å²) in [7, 11) is 0. The molecule has 94 valence electrons. The van der Waals surface area contributed by atoms with Gasteiger partial charge in [-0.05, 0) is 38.8 Å². The van der Waals surface area contributed by atoms with Crippen molar-refractivity contribution in [1.82, 2.24) is 10.2 Å².